The van der Waals surface area contributed by atoms with Crippen molar-refractivity contribution in [3.8, 4) is 0 Å². The molecule has 0 spiro atoms. The molecule has 2 atom stereocenters. The van der Waals surface area contributed by atoms with Gasteiger partial charge in [0.05, 0.1) is 12.4 Å². The fourth-order valence-corrected chi connectivity index (χ4v) is 2.81. The van der Waals surface area contributed by atoms with E-state index in [-0.39, 0.29) is 30.7 Å². The van der Waals surface area contributed by atoms with Crippen molar-refractivity contribution in [2.45, 2.75) is 59.7 Å². The highest BCUT2D eigenvalue weighted by Gasteiger charge is 2.36. The van der Waals surface area contributed by atoms with Crippen LogP contribution < -0.4 is 5.32 Å². The number of aliphatic hydroxyl groups excluding tert-OH is 1. The number of esters is 1. The third kappa shape index (κ3) is 12.3. The first-order valence-electron chi connectivity index (χ1n) is 9.10. The highest BCUT2D eigenvalue weighted by Crippen LogP contribution is 2.23. The summed E-state index contributed by atoms with van der Waals surface area (Å²) in [6.45, 7) is 6.53. The van der Waals surface area contributed by atoms with E-state index in [1.54, 1.807) is 6.92 Å². The maximum absolute atomic E-state index is 11.9. The number of carbonyl (C=O) groups is 3. The minimum atomic E-state index is -3.91. The van der Waals surface area contributed by atoms with Crippen molar-refractivity contribution in [1.82, 2.24) is 5.32 Å². The van der Waals surface area contributed by atoms with Gasteiger partial charge in [-0.05, 0) is 19.8 Å². The maximum atomic E-state index is 11.9. The molecule has 0 aliphatic carbocycles. The molecule has 170 valence electrons. The Morgan fingerprint density at radius 2 is 1.79 bits per heavy atom. The molecule has 1 amide bonds. The van der Waals surface area contributed by atoms with E-state index in [9.17, 15) is 27.9 Å². The predicted molar refractivity (Wildman–Crippen MR) is 101 cm³/mol. The van der Waals surface area contributed by atoms with E-state index >= 15 is 0 Å². The molecular weight excluding hydrogens is 410 g/mol. The molecule has 0 radical (unpaired) electrons. The van der Waals surface area contributed by atoms with Gasteiger partial charge in [0.25, 0.3) is 10.1 Å². The van der Waals surface area contributed by atoms with Crippen molar-refractivity contribution in [2.24, 2.45) is 5.41 Å². The molecule has 0 fully saturated rings. The zero-order valence-electron chi connectivity index (χ0n) is 17.4. The van der Waals surface area contributed by atoms with Crippen LogP contribution in [0.4, 0.5) is 4.79 Å². The Labute approximate surface area is 171 Å². The van der Waals surface area contributed by atoms with Gasteiger partial charge in [-0.15, -0.1) is 0 Å². The summed E-state index contributed by atoms with van der Waals surface area (Å²) >= 11 is 0. The molecule has 0 saturated heterocycles. The number of aliphatic hydroxyl groups is 1. The van der Waals surface area contributed by atoms with E-state index in [2.05, 4.69) is 14.8 Å². The lowest BCUT2D eigenvalue weighted by Crippen LogP contribution is -2.42. The first-order valence-corrected chi connectivity index (χ1v) is 10.7. The molecule has 0 rings (SSSR count). The Kier molecular flexibility index (Phi) is 11.8. The van der Waals surface area contributed by atoms with Gasteiger partial charge in [-0.2, -0.15) is 8.42 Å². The van der Waals surface area contributed by atoms with E-state index in [0.29, 0.717) is 6.42 Å². The van der Waals surface area contributed by atoms with Crippen LogP contribution in [0, 0.1) is 5.41 Å². The summed E-state index contributed by atoms with van der Waals surface area (Å²) in [6.07, 6.45) is -2.38. The Morgan fingerprint density at radius 3 is 2.34 bits per heavy atom. The maximum Gasteiger partial charge on any atom is 0.511 e. The van der Waals surface area contributed by atoms with Crippen LogP contribution in [0.25, 0.3) is 0 Å². The number of rotatable bonds is 13. The van der Waals surface area contributed by atoms with Gasteiger partial charge in [0.1, 0.15) is 6.10 Å². The molecule has 1 unspecified atom stereocenters. The van der Waals surface area contributed by atoms with Gasteiger partial charge in [0.2, 0.25) is 12.7 Å². The molecule has 0 heterocycles. The van der Waals surface area contributed by atoms with Crippen LogP contribution in [-0.4, -0.2) is 69.5 Å². The third-order valence-electron chi connectivity index (χ3n) is 3.77. The lowest BCUT2D eigenvalue weighted by Gasteiger charge is -2.28. The van der Waals surface area contributed by atoms with Gasteiger partial charge in [-0.3, -0.25) is 8.98 Å². The topological polar surface area (TPSA) is 155 Å². The summed E-state index contributed by atoms with van der Waals surface area (Å²) in [5.74, 6) is -1.73. The molecule has 0 aromatic carbocycles. The quantitative estimate of drug-likeness (QED) is 0.181. The third-order valence-corrected chi connectivity index (χ3v) is 5.03. The van der Waals surface area contributed by atoms with Crippen LogP contribution in [0.3, 0.4) is 0 Å². The number of nitrogens with one attached hydrogen (secondary N) is 1. The summed E-state index contributed by atoms with van der Waals surface area (Å²) in [4.78, 5) is 33.9. The zero-order chi connectivity index (χ0) is 22.7. The molecule has 11 nitrogen and oxygen atoms in total. The fraction of sp³-hybridized carbons (Fsp3) is 0.824. The molecular formula is C17H31NO10S. The molecule has 0 bridgehead atoms. The minimum absolute atomic E-state index is 0.150. The standard InChI is InChI=1S/C17H31NO10S/c1-6-12(2)28-16(22)26-11-25-15(21)14(20)17(4,5)10-27-29(23,24)9-7-8-18-13(3)19/h12,14,20H,6-11H2,1-5H3,(H,18,19)/t12?,14-/m0/s1. The number of carbonyl (C=O) groups excluding carboxylic acids is 3. The molecule has 29 heavy (non-hydrogen) atoms. The Bertz CT molecular complexity index is 647. The summed E-state index contributed by atoms with van der Waals surface area (Å²) in [7, 11) is -3.91. The van der Waals surface area contributed by atoms with Crippen molar-refractivity contribution in [3.05, 3.63) is 0 Å². The molecule has 0 aliphatic heterocycles. The van der Waals surface area contributed by atoms with Gasteiger partial charge in [0, 0.05) is 18.9 Å². The number of hydrogen-bond acceptors (Lipinski definition) is 10. The van der Waals surface area contributed by atoms with Gasteiger partial charge >= 0.3 is 12.1 Å². The second-order valence-electron chi connectivity index (χ2n) is 7.06. The predicted octanol–water partition coefficient (Wildman–Crippen LogP) is 0.699. The van der Waals surface area contributed by atoms with Crippen molar-refractivity contribution in [2.75, 3.05) is 25.7 Å². The van der Waals surface area contributed by atoms with Crippen LogP contribution in [0.5, 0.6) is 0 Å². The van der Waals surface area contributed by atoms with E-state index in [4.69, 9.17) is 8.92 Å². The zero-order valence-corrected chi connectivity index (χ0v) is 18.2. The molecule has 0 saturated carbocycles. The smallest absolute Gasteiger partial charge is 0.431 e. The molecule has 0 aromatic rings. The Morgan fingerprint density at radius 1 is 1.17 bits per heavy atom. The normalized spacial score (nSPS) is 13.9. The largest absolute Gasteiger partial charge is 0.511 e. The van der Waals surface area contributed by atoms with Gasteiger partial charge < -0.3 is 24.6 Å². The summed E-state index contributed by atoms with van der Waals surface area (Å²) < 4.78 is 42.6. The SMILES string of the molecule is CCC(C)OC(=O)OCOC(=O)[C@H](O)C(C)(C)COS(=O)(=O)CCCNC(C)=O. The van der Waals surface area contributed by atoms with Gasteiger partial charge in [-0.1, -0.05) is 20.8 Å². The number of ether oxygens (including phenoxy) is 3. The van der Waals surface area contributed by atoms with Gasteiger partial charge in [0.15, 0.2) is 6.10 Å². The lowest BCUT2D eigenvalue weighted by atomic mass is 9.88. The fourth-order valence-electron chi connectivity index (χ4n) is 1.71. The van der Waals surface area contributed by atoms with Crippen LogP contribution in [0.1, 0.15) is 47.5 Å². The second-order valence-corrected chi connectivity index (χ2v) is 8.82. The van der Waals surface area contributed by atoms with Crippen molar-refractivity contribution < 1.29 is 46.3 Å². The summed E-state index contributed by atoms with van der Waals surface area (Å²) in [5.41, 5.74) is -1.31. The van der Waals surface area contributed by atoms with Crippen LogP contribution in [0.2, 0.25) is 0 Å². The highest BCUT2D eigenvalue weighted by atomic mass is 32.2. The lowest BCUT2D eigenvalue weighted by molar-refractivity contribution is -0.171. The molecule has 2 N–H and O–H groups in total. The number of amides is 1. The highest BCUT2D eigenvalue weighted by molar-refractivity contribution is 7.86. The molecule has 0 aliphatic rings. The van der Waals surface area contributed by atoms with Crippen molar-refractivity contribution >= 4 is 28.1 Å². The van der Waals surface area contributed by atoms with E-state index < -0.39 is 47.2 Å². The first kappa shape index (κ1) is 27.1. The second kappa shape index (κ2) is 12.6. The monoisotopic (exact) mass is 441 g/mol. The average Bonchev–Trinajstić information content (AvgIpc) is 2.62. The minimum Gasteiger partial charge on any atom is -0.431 e. The van der Waals surface area contributed by atoms with Gasteiger partial charge in [-0.25, -0.2) is 9.59 Å². The number of hydrogen-bond donors (Lipinski definition) is 2. The molecule has 0 aromatic heterocycles. The summed E-state index contributed by atoms with van der Waals surface area (Å²) in [6, 6.07) is 0. The van der Waals surface area contributed by atoms with Crippen molar-refractivity contribution in [3.63, 3.8) is 0 Å². The summed E-state index contributed by atoms with van der Waals surface area (Å²) in [5, 5.41) is 12.6. The van der Waals surface area contributed by atoms with E-state index in [1.165, 1.54) is 20.8 Å². The van der Waals surface area contributed by atoms with Crippen LogP contribution in [0.15, 0.2) is 0 Å². The first-order chi connectivity index (χ1) is 13.3. The average molecular weight is 441 g/mol. The Balaban J connectivity index is 4.40. The Hall–Kier alpha value is -1.92. The van der Waals surface area contributed by atoms with E-state index in [0.717, 1.165) is 0 Å². The van der Waals surface area contributed by atoms with E-state index in [1.807, 2.05) is 6.92 Å². The molecule has 12 heteroatoms. The van der Waals surface area contributed by atoms with Crippen molar-refractivity contribution in [1.29, 1.82) is 0 Å². The van der Waals surface area contributed by atoms with Crippen LogP contribution >= 0.6 is 0 Å². The van der Waals surface area contributed by atoms with Crippen LogP contribution in [-0.2, 0) is 38.1 Å².